The van der Waals surface area contributed by atoms with Crippen molar-refractivity contribution in [2.75, 3.05) is 40.0 Å². The first-order chi connectivity index (χ1) is 10.1. The molecular formula is C14H24N2O4S. The monoisotopic (exact) mass is 316 g/mol. The summed E-state index contributed by atoms with van der Waals surface area (Å²) in [7, 11) is -1.62. The minimum Gasteiger partial charge on any atom is -0.492 e. The summed E-state index contributed by atoms with van der Waals surface area (Å²) in [6.45, 7) is 4.74. The summed E-state index contributed by atoms with van der Waals surface area (Å²) in [5.41, 5.74) is 0. The molecule has 0 spiro atoms. The van der Waals surface area contributed by atoms with E-state index in [0.717, 1.165) is 6.54 Å². The first-order valence-corrected chi connectivity index (χ1v) is 8.53. The fourth-order valence-corrected chi connectivity index (χ4v) is 2.67. The Morgan fingerprint density at radius 1 is 1.10 bits per heavy atom. The van der Waals surface area contributed by atoms with Crippen molar-refractivity contribution in [2.45, 2.75) is 18.2 Å². The average Bonchev–Trinajstić information content (AvgIpc) is 2.48. The van der Waals surface area contributed by atoms with Crippen LogP contribution in [0.2, 0.25) is 0 Å². The molecule has 6 nitrogen and oxygen atoms in total. The van der Waals surface area contributed by atoms with E-state index in [9.17, 15) is 8.42 Å². The van der Waals surface area contributed by atoms with Gasteiger partial charge >= 0.3 is 0 Å². The molecular weight excluding hydrogens is 292 g/mol. The van der Waals surface area contributed by atoms with Crippen LogP contribution in [0.15, 0.2) is 29.2 Å². The predicted octanol–water partition coefficient (Wildman–Crippen LogP) is 0.990. The Morgan fingerprint density at radius 2 is 1.81 bits per heavy atom. The third kappa shape index (κ3) is 6.90. The van der Waals surface area contributed by atoms with Crippen molar-refractivity contribution in [3.8, 4) is 5.75 Å². The van der Waals surface area contributed by atoms with Gasteiger partial charge in [0.2, 0.25) is 10.0 Å². The Morgan fingerprint density at radius 3 is 2.43 bits per heavy atom. The van der Waals surface area contributed by atoms with Gasteiger partial charge in [0.1, 0.15) is 12.4 Å². The molecule has 0 saturated carbocycles. The molecule has 0 bridgehead atoms. The Hall–Kier alpha value is -1.15. The average molecular weight is 316 g/mol. The van der Waals surface area contributed by atoms with Gasteiger partial charge in [-0.3, -0.25) is 0 Å². The first-order valence-electron chi connectivity index (χ1n) is 7.05. The number of nitrogens with one attached hydrogen (secondary N) is 2. The molecule has 1 aromatic carbocycles. The van der Waals surface area contributed by atoms with Crippen LogP contribution in [0.4, 0.5) is 0 Å². The van der Waals surface area contributed by atoms with Crippen molar-refractivity contribution in [1.82, 2.24) is 10.0 Å². The minimum atomic E-state index is -3.46. The van der Waals surface area contributed by atoms with E-state index < -0.39 is 10.0 Å². The van der Waals surface area contributed by atoms with E-state index in [1.54, 1.807) is 24.3 Å². The lowest BCUT2D eigenvalue weighted by molar-refractivity contribution is 0.146. The molecule has 120 valence electrons. The van der Waals surface area contributed by atoms with E-state index in [2.05, 4.69) is 10.0 Å². The van der Waals surface area contributed by atoms with Gasteiger partial charge in [0.15, 0.2) is 0 Å². The number of hydrogen-bond acceptors (Lipinski definition) is 5. The molecule has 0 fully saturated rings. The van der Waals surface area contributed by atoms with Crippen LogP contribution in [0.3, 0.4) is 0 Å². The van der Waals surface area contributed by atoms with E-state index in [1.807, 2.05) is 14.0 Å². The summed E-state index contributed by atoms with van der Waals surface area (Å²) in [5.74, 6) is 0.653. The SMILES string of the molecule is CCOCCCNS(=O)(=O)c1ccc(OCCNC)cc1. The maximum Gasteiger partial charge on any atom is 0.240 e. The maximum absolute atomic E-state index is 12.0. The minimum absolute atomic E-state index is 0.236. The van der Waals surface area contributed by atoms with Crippen molar-refractivity contribution in [1.29, 1.82) is 0 Å². The largest absolute Gasteiger partial charge is 0.492 e. The van der Waals surface area contributed by atoms with Crippen LogP contribution in [0.25, 0.3) is 0 Å². The van der Waals surface area contributed by atoms with Gasteiger partial charge in [-0.25, -0.2) is 13.1 Å². The second-order valence-corrected chi connectivity index (χ2v) is 6.14. The third-order valence-corrected chi connectivity index (χ3v) is 4.19. The molecule has 0 aromatic heterocycles. The standard InChI is InChI=1S/C14H24N2O4S/c1-3-19-11-4-9-16-21(17,18)14-7-5-13(6-8-14)20-12-10-15-2/h5-8,15-16H,3-4,9-12H2,1-2H3. The number of rotatable bonds is 11. The number of benzene rings is 1. The second-order valence-electron chi connectivity index (χ2n) is 4.37. The van der Waals surface area contributed by atoms with Crippen LogP contribution < -0.4 is 14.8 Å². The Kier molecular flexibility index (Phi) is 8.29. The summed E-state index contributed by atoms with van der Waals surface area (Å²) in [5, 5.41) is 2.97. The molecule has 0 saturated heterocycles. The Labute approximate surface area is 126 Å². The van der Waals surface area contributed by atoms with Crippen LogP contribution in [-0.2, 0) is 14.8 Å². The molecule has 2 N–H and O–H groups in total. The highest BCUT2D eigenvalue weighted by molar-refractivity contribution is 7.89. The van der Waals surface area contributed by atoms with Gasteiger partial charge in [0.25, 0.3) is 0 Å². The van der Waals surface area contributed by atoms with Gasteiger partial charge in [0.05, 0.1) is 4.90 Å². The van der Waals surface area contributed by atoms with Gasteiger partial charge in [-0.2, -0.15) is 0 Å². The zero-order chi connectivity index (χ0) is 15.6. The summed E-state index contributed by atoms with van der Waals surface area (Å²) >= 11 is 0. The van der Waals surface area contributed by atoms with Gasteiger partial charge < -0.3 is 14.8 Å². The van der Waals surface area contributed by atoms with Crippen LogP contribution in [0.5, 0.6) is 5.75 Å². The van der Waals surface area contributed by atoms with Crippen molar-refractivity contribution >= 4 is 10.0 Å². The summed E-state index contributed by atoms with van der Waals surface area (Å²) in [4.78, 5) is 0.236. The molecule has 1 aromatic rings. The van der Waals surface area contributed by atoms with Crippen LogP contribution in [0, 0.1) is 0 Å². The zero-order valence-electron chi connectivity index (χ0n) is 12.6. The highest BCUT2D eigenvalue weighted by Gasteiger charge is 2.12. The molecule has 0 aliphatic carbocycles. The van der Waals surface area contributed by atoms with Crippen molar-refractivity contribution in [2.24, 2.45) is 0 Å². The molecule has 0 aliphatic heterocycles. The van der Waals surface area contributed by atoms with Crippen LogP contribution in [0.1, 0.15) is 13.3 Å². The molecule has 1 rings (SSSR count). The predicted molar refractivity (Wildman–Crippen MR) is 82.2 cm³/mol. The van der Waals surface area contributed by atoms with E-state index in [-0.39, 0.29) is 4.90 Å². The highest BCUT2D eigenvalue weighted by atomic mass is 32.2. The summed E-state index contributed by atoms with van der Waals surface area (Å²) < 4.78 is 37.2. The molecule has 7 heteroatoms. The molecule has 0 amide bonds. The van der Waals surface area contributed by atoms with E-state index in [1.165, 1.54) is 0 Å². The summed E-state index contributed by atoms with van der Waals surface area (Å²) in [6, 6.07) is 6.40. The number of hydrogen-bond donors (Lipinski definition) is 2. The molecule has 0 aliphatic rings. The number of sulfonamides is 1. The molecule has 0 heterocycles. The van der Waals surface area contributed by atoms with E-state index >= 15 is 0 Å². The third-order valence-electron chi connectivity index (χ3n) is 2.72. The summed E-state index contributed by atoms with van der Waals surface area (Å²) in [6.07, 6.45) is 0.651. The first kappa shape index (κ1) is 17.9. The fraction of sp³-hybridized carbons (Fsp3) is 0.571. The van der Waals surface area contributed by atoms with Gasteiger partial charge in [-0.1, -0.05) is 0 Å². The van der Waals surface area contributed by atoms with Crippen molar-refractivity contribution in [3.05, 3.63) is 24.3 Å². The molecule has 0 radical (unpaired) electrons. The van der Waals surface area contributed by atoms with Crippen molar-refractivity contribution in [3.63, 3.8) is 0 Å². The normalized spacial score (nSPS) is 11.5. The lowest BCUT2D eigenvalue weighted by Crippen LogP contribution is -2.25. The Bertz CT molecular complexity index is 488. The second kappa shape index (κ2) is 9.73. The highest BCUT2D eigenvalue weighted by Crippen LogP contribution is 2.15. The maximum atomic E-state index is 12.0. The van der Waals surface area contributed by atoms with Gasteiger partial charge in [-0.15, -0.1) is 0 Å². The van der Waals surface area contributed by atoms with Crippen LogP contribution >= 0.6 is 0 Å². The van der Waals surface area contributed by atoms with Gasteiger partial charge in [-0.05, 0) is 44.7 Å². The Balaban J connectivity index is 2.47. The molecule has 21 heavy (non-hydrogen) atoms. The van der Waals surface area contributed by atoms with E-state index in [4.69, 9.17) is 9.47 Å². The smallest absolute Gasteiger partial charge is 0.240 e. The topological polar surface area (TPSA) is 76.7 Å². The number of likely N-dealkylation sites (N-methyl/N-ethyl adjacent to an activating group) is 1. The zero-order valence-corrected chi connectivity index (χ0v) is 13.4. The number of ether oxygens (including phenoxy) is 2. The van der Waals surface area contributed by atoms with Crippen molar-refractivity contribution < 1.29 is 17.9 Å². The van der Waals surface area contributed by atoms with E-state index in [0.29, 0.717) is 38.5 Å². The molecule has 0 unspecified atom stereocenters. The molecule has 0 atom stereocenters. The van der Waals surface area contributed by atoms with Gasteiger partial charge in [0, 0.05) is 26.3 Å². The lowest BCUT2D eigenvalue weighted by Gasteiger charge is -2.09. The fourth-order valence-electron chi connectivity index (χ4n) is 1.59. The lowest BCUT2D eigenvalue weighted by atomic mass is 10.3. The quantitative estimate of drug-likeness (QED) is 0.595. The van der Waals surface area contributed by atoms with Crippen LogP contribution in [-0.4, -0.2) is 48.4 Å².